The van der Waals surface area contributed by atoms with Gasteiger partial charge < -0.3 is 0 Å². The van der Waals surface area contributed by atoms with Gasteiger partial charge in [-0.15, -0.1) is 11.3 Å². The molecule has 0 aliphatic rings. The first-order valence-electron chi connectivity index (χ1n) is 5.43. The summed E-state index contributed by atoms with van der Waals surface area (Å²) < 4.78 is 26.3. The van der Waals surface area contributed by atoms with Crippen LogP contribution < -0.4 is 4.72 Å². The highest BCUT2D eigenvalue weighted by Crippen LogP contribution is 2.11. The van der Waals surface area contributed by atoms with E-state index in [1.165, 1.54) is 11.3 Å². The summed E-state index contributed by atoms with van der Waals surface area (Å²) in [5.41, 5.74) is 3.20. The third-order valence-electron chi connectivity index (χ3n) is 2.44. The van der Waals surface area contributed by atoms with Crippen LogP contribution in [-0.2, 0) is 22.3 Å². The Hall–Kier alpha value is -1.75. The lowest BCUT2D eigenvalue weighted by atomic mass is 10.1. The Morgan fingerprint density at radius 3 is 2.84 bits per heavy atom. The molecule has 0 bridgehead atoms. The normalized spacial score (nSPS) is 11.1. The van der Waals surface area contributed by atoms with E-state index in [0.29, 0.717) is 16.8 Å². The van der Waals surface area contributed by atoms with Crippen molar-refractivity contribution in [2.75, 3.05) is 0 Å². The van der Waals surface area contributed by atoms with Crippen LogP contribution in [0.2, 0.25) is 0 Å². The summed E-state index contributed by atoms with van der Waals surface area (Å²) in [4.78, 5) is 4.00. The summed E-state index contributed by atoms with van der Waals surface area (Å²) in [5.74, 6) is -0.207. The van der Waals surface area contributed by atoms with Crippen molar-refractivity contribution in [2.45, 2.75) is 12.3 Å². The summed E-state index contributed by atoms with van der Waals surface area (Å²) in [6.07, 6.45) is 0. The van der Waals surface area contributed by atoms with Gasteiger partial charge in [0.25, 0.3) is 0 Å². The Bertz CT molecular complexity index is 688. The van der Waals surface area contributed by atoms with Crippen LogP contribution in [0.25, 0.3) is 0 Å². The molecule has 0 unspecified atom stereocenters. The van der Waals surface area contributed by atoms with Crippen LogP contribution in [0, 0.1) is 11.3 Å². The molecule has 0 fully saturated rings. The smallest absolute Gasteiger partial charge is 0.216 e. The standard InChI is InChI=1S/C12H11N3O2S2/c13-5-10-3-1-2-4-11(10)8-19(16,17)15-6-12-7-18-9-14-12/h1-4,7,9,15H,6,8H2. The maximum Gasteiger partial charge on any atom is 0.216 e. The quantitative estimate of drug-likeness (QED) is 0.908. The van der Waals surface area contributed by atoms with Crippen molar-refractivity contribution in [3.05, 3.63) is 52.0 Å². The minimum Gasteiger partial charge on any atom is -0.248 e. The summed E-state index contributed by atoms with van der Waals surface area (Å²) in [7, 11) is -3.48. The average molecular weight is 293 g/mol. The van der Waals surface area contributed by atoms with Gasteiger partial charge >= 0.3 is 0 Å². The van der Waals surface area contributed by atoms with Crippen LogP contribution in [0.4, 0.5) is 0 Å². The van der Waals surface area contributed by atoms with Gasteiger partial charge in [0.1, 0.15) is 0 Å². The Morgan fingerprint density at radius 1 is 1.37 bits per heavy atom. The molecule has 0 aliphatic carbocycles. The van der Waals surface area contributed by atoms with E-state index in [2.05, 4.69) is 9.71 Å². The zero-order valence-corrected chi connectivity index (χ0v) is 11.5. The fraction of sp³-hybridized carbons (Fsp3) is 0.167. The number of aromatic nitrogens is 1. The summed E-state index contributed by atoms with van der Waals surface area (Å²) in [6, 6.07) is 8.65. The highest BCUT2D eigenvalue weighted by atomic mass is 32.2. The molecule has 0 aliphatic heterocycles. The summed E-state index contributed by atoms with van der Waals surface area (Å²) in [6.45, 7) is 0.167. The second-order valence-corrected chi connectivity index (χ2v) is 6.35. The van der Waals surface area contributed by atoms with Crippen molar-refractivity contribution >= 4 is 21.4 Å². The Morgan fingerprint density at radius 2 is 2.16 bits per heavy atom. The average Bonchev–Trinajstić information content (AvgIpc) is 2.90. The minimum absolute atomic E-state index is 0.167. The molecular weight excluding hydrogens is 282 g/mol. The third kappa shape index (κ3) is 3.86. The van der Waals surface area contributed by atoms with Gasteiger partial charge in [0, 0.05) is 5.38 Å². The second-order valence-electron chi connectivity index (χ2n) is 3.83. The van der Waals surface area contributed by atoms with Crippen molar-refractivity contribution in [2.24, 2.45) is 0 Å². The van der Waals surface area contributed by atoms with E-state index in [-0.39, 0.29) is 12.3 Å². The molecule has 19 heavy (non-hydrogen) atoms. The number of hydrogen-bond acceptors (Lipinski definition) is 5. The van der Waals surface area contributed by atoms with Crippen molar-refractivity contribution < 1.29 is 8.42 Å². The molecule has 1 aromatic carbocycles. The minimum atomic E-state index is -3.48. The van der Waals surface area contributed by atoms with Gasteiger partial charge in [0.05, 0.1) is 35.1 Å². The first-order valence-corrected chi connectivity index (χ1v) is 8.02. The van der Waals surface area contributed by atoms with Crippen LogP contribution >= 0.6 is 11.3 Å². The number of benzene rings is 1. The fourth-order valence-corrected chi connectivity index (χ4v) is 3.21. The Balaban J connectivity index is 2.07. The van der Waals surface area contributed by atoms with E-state index in [1.807, 2.05) is 6.07 Å². The lowest BCUT2D eigenvalue weighted by Crippen LogP contribution is -2.25. The van der Waals surface area contributed by atoms with Crippen LogP contribution in [-0.4, -0.2) is 13.4 Å². The first-order chi connectivity index (χ1) is 9.11. The highest BCUT2D eigenvalue weighted by molar-refractivity contribution is 7.88. The van der Waals surface area contributed by atoms with Crippen LogP contribution in [0.1, 0.15) is 16.8 Å². The summed E-state index contributed by atoms with van der Waals surface area (Å²) in [5, 5.41) is 10.7. The molecule has 7 heteroatoms. The monoisotopic (exact) mass is 293 g/mol. The molecule has 1 N–H and O–H groups in total. The van der Waals surface area contributed by atoms with Crippen molar-refractivity contribution in [3.8, 4) is 6.07 Å². The van der Waals surface area contributed by atoms with Gasteiger partial charge in [-0.1, -0.05) is 18.2 Å². The first kappa shape index (κ1) is 13.7. The number of hydrogen-bond donors (Lipinski definition) is 1. The number of nitriles is 1. The molecule has 2 aromatic rings. The van der Waals surface area contributed by atoms with Crippen LogP contribution in [0.3, 0.4) is 0 Å². The van der Waals surface area contributed by atoms with Gasteiger partial charge in [-0.3, -0.25) is 0 Å². The third-order valence-corrected chi connectivity index (χ3v) is 4.35. The molecule has 0 amide bonds. The van der Waals surface area contributed by atoms with E-state index in [1.54, 1.807) is 35.2 Å². The highest BCUT2D eigenvalue weighted by Gasteiger charge is 2.14. The predicted molar refractivity (Wildman–Crippen MR) is 72.7 cm³/mol. The number of nitrogens with zero attached hydrogens (tertiary/aromatic N) is 2. The van der Waals surface area contributed by atoms with E-state index in [9.17, 15) is 8.42 Å². The lowest BCUT2D eigenvalue weighted by molar-refractivity contribution is 0.579. The predicted octanol–water partition coefficient (Wildman–Crippen LogP) is 1.63. The topological polar surface area (TPSA) is 82.8 Å². The van der Waals surface area contributed by atoms with Crippen molar-refractivity contribution in [1.82, 2.24) is 9.71 Å². The number of thiazole rings is 1. The van der Waals surface area contributed by atoms with E-state index >= 15 is 0 Å². The molecule has 0 spiro atoms. The largest absolute Gasteiger partial charge is 0.248 e. The Kier molecular flexibility index (Phi) is 4.27. The Labute approximate surface area is 115 Å². The van der Waals surface area contributed by atoms with Crippen LogP contribution in [0.5, 0.6) is 0 Å². The van der Waals surface area contributed by atoms with Crippen molar-refractivity contribution in [1.29, 1.82) is 5.26 Å². The van der Waals surface area contributed by atoms with Gasteiger partial charge in [-0.05, 0) is 11.6 Å². The van der Waals surface area contributed by atoms with Gasteiger partial charge in [-0.25, -0.2) is 18.1 Å². The molecule has 0 radical (unpaired) electrons. The molecule has 0 saturated heterocycles. The zero-order chi connectivity index (χ0) is 13.7. The molecular formula is C12H11N3O2S2. The van der Waals surface area contributed by atoms with E-state index in [0.717, 1.165) is 0 Å². The van der Waals surface area contributed by atoms with Gasteiger partial charge in [-0.2, -0.15) is 5.26 Å². The SMILES string of the molecule is N#Cc1ccccc1CS(=O)(=O)NCc1cscn1. The molecule has 0 atom stereocenters. The molecule has 2 rings (SSSR count). The number of rotatable bonds is 5. The fourth-order valence-electron chi connectivity index (χ4n) is 1.52. The summed E-state index contributed by atoms with van der Waals surface area (Å²) >= 11 is 1.41. The zero-order valence-electron chi connectivity index (χ0n) is 9.91. The lowest BCUT2D eigenvalue weighted by Gasteiger charge is -2.06. The number of sulfonamides is 1. The van der Waals surface area contributed by atoms with Crippen LogP contribution in [0.15, 0.2) is 35.2 Å². The maximum atomic E-state index is 11.9. The number of nitrogens with one attached hydrogen (secondary N) is 1. The molecule has 5 nitrogen and oxygen atoms in total. The van der Waals surface area contributed by atoms with Gasteiger partial charge in [0.2, 0.25) is 10.0 Å². The van der Waals surface area contributed by atoms with E-state index < -0.39 is 10.0 Å². The molecule has 98 valence electrons. The molecule has 1 heterocycles. The molecule has 0 saturated carbocycles. The maximum absolute atomic E-state index is 11.9. The second kappa shape index (κ2) is 5.93. The molecule has 1 aromatic heterocycles. The van der Waals surface area contributed by atoms with Crippen molar-refractivity contribution in [3.63, 3.8) is 0 Å². The van der Waals surface area contributed by atoms with E-state index in [4.69, 9.17) is 5.26 Å². The van der Waals surface area contributed by atoms with Gasteiger partial charge in [0.15, 0.2) is 0 Å².